The molecule has 2 aromatic rings. The van der Waals surface area contributed by atoms with Gasteiger partial charge in [0.1, 0.15) is 5.82 Å². The first-order valence-electron chi connectivity index (χ1n) is 9.38. The van der Waals surface area contributed by atoms with Crippen molar-refractivity contribution in [3.8, 4) is 11.5 Å². The van der Waals surface area contributed by atoms with Gasteiger partial charge in [-0.25, -0.2) is 4.39 Å². The highest BCUT2D eigenvalue weighted by Crippen LogP contribution is 2.28. The number of methoxy groups -OCH3 is 2. The number of aliphatic hydroxyl groups excluding tert-OH is 1. The van der Waals surface area contributed by atoms with E-state index in [-0.39, 0.29) is 18.5 Å². The topological polar surface area (TPSA) is 51.2 Å². The molecule has 5 nitrogen and oxygen atoms in total. The van der Waals surface area contributed by atoms with Crippen molar-refractivity contribution in [1.29, 1.82) is 0 Å². The number of hydrogen-bond donors (Lipinski definition) is 1. The van der Waals surface area contributed by atoms with Crippen molar-refractivity contribution in [2.75, 3.05) is 27.4 Å². The van der Waals surface area contributed by atoms with E-state index in [2.05, 4.69) is 4.90 Å². The van der Waals surface area contributed by atoms with E-state index in [1.165, 1.54) is 12.1 Å². The van der Waals surface area contributed by atoms with E-state index >= 15 is 0 Å². The predicted octanol–water partition coefficient (Wildman–Crippen LogP) is 3.63. The number of nitrogens with zero attached hydrogens (tertiary/aromatic N) is 1. The van der Waals surface area contributed by atoms with Gasteiger partial charge in [-0.2, -0.15) is 0 Å². The van der Waals surface area contributed by atoms with Gasteiger partial charge in [0.2, 0.25) is 0 Å². The maximum atomic E-state index is 13.2. The zero-order valence-electron chi connectivity index (χ0n) is 17.0. The molecule has 2 rings (SSSR count). The molecule has 6 heteroatoms. The maximum Gasteiger partial charge on any atom is 0.161 e. The molecule has 1 N–H and O–H groups in total. The average molecular weight is 391 g/mol. The maximum absolute atomic E-state index is 13.2. The Bertz CT molecular complexity index is 721. The summed E-state index contributed by atoms with van der Waals surface area (Å²) in [5.74, 6) is 1.06. The van der Waals surface area contributed by atoms with Crippen molar-refractivity contribution in [1.82, 2.24) is 4.90 Å². The number of halogens is 1. The summed E-state index contributed by atoms with van der Waals surface area (Å²) in [6.45, 7) is 5.74. The van der Waals surface area contributed by atoms with Gasteiger partial charge in [-0.3, -0.25) is 4.90 Å². The Morgan fingerprint density at radius 2 is 1.54 bits per heavy atom. The van der Waals surface area contributed by atoms with Crippen LogP contribution in [0.2, 0.25) is 0 Å². The highest BCUT2D eigenvalue weighted by atomic mass is 19.1. The minimum atomic E-state index is -0.622. The first-order valence-corrected chi connectivity index (χ1v) is 9.38. The van der Waals surface area contributed by atoms with Gasteiger partial charge in [0.05, 0.1) is 33.0 Å². The van der Waals surface area contributed by atoms with Crippen LogP contribution in [-0.2, 0) is 17.8 Å². The molecule has 0 saturated carbocycles. The number of hydrogen-bond acceptors (Lipinski definition) is 5. The normalized spacial score (nSPS) is 12.4. The molecule has 1 atom stereocenters. The van der Waals surface area contributed by atoms with Crippen LogP contribution in [-0.4, -0.2) is 49.6 Å². The van der Waals surface area contributed by atoms with E-state index in [0.29, 0.717) is 31.1 Å². The Kier molecular flexibility index (Phi) is 8.70. The van der Waals surface area contributed by atoms with Crippen LogP contribution in [0.5, 0.6) is 11.5 Å². The lowest BCUT2D eigenvalue weighted by atomic mass is 10.1. The van der Waals surface area contributed by atoms with Crippen LogP contribution in [0.3, 0.4) is 0 Å². The van der Waals surface area contributed by atoms with Crippen molar-refractivity contribution in [3.05, 3.63) is 59.4 Å². The van der Waals surface area contributed by atoms with E-state index < -0.39 is 6.10 Å². The van der Waals surface area contributed by atoms with Crippen molar-refractivity contribution in [3.63, 3.8) is 0 Å². The Morgan fingerprint density at radius 1 is 0.929 bits per heavy atom. The molecule has 0 fully saturated rings. The minimum Gasteiger partial charge on any atom is -0.493 e. The minimum absolute atomic E-state index is 0.0612. The molecule has 0 aliphatic carbocycles. The van der Waals surface area contributed by atoms with E-state index in [1.807, 2.05) is 32.0 Å². The van der Waals surface area contributed by atoms with E-state index in [1.54, 1.807) is 26.4 Å². The molecule has 154 valence electrons. The highest BCUT2D eigenvalue weighted by Gasteiger charge is 2.15. The third-order valence-corrected chi connectivity index (χ3v) is 4.26. The third kappa shape index (κ3) is 7.11. The van der Waals surface area contributed by atoms with Gasteiger partial charge >= 0.3 is 0 Å². The van der Waals surface area contributed by atoms with Crippen molar-refractivity contribution in [2.24, 2.45) is 0 Å². The summed E-state index contributed by atoms with van der Waals surface area (Å²) in [4.78, 5) is 2.10. The van der Waals surface area contributed by atoms with Crippen LogP contribution < -0.4 is 9.47 Å². The average Bonchev–Trinajstić information content (AvgIpc) is 2.68. The van der Waals surface area contributed by atoms with Gasteiger partial charge in [-0.05, 0) is 49.2 Å². The Labute approximate surface area is 166 Å². The summed E-state index contributed by atoms with van der Waals surface area (Å²) in [5.41, 5.74) is 2.00. The lowest BCUT2D eigenvalue weighted by Gasteiger charge is -2.26. The zero-order valence-corrected chi connectivity index (χ0v) is 17.0. The SMILES string of the molecule is COc1ccc(CN(Cc2ccc(F)cc2)CC(O)COC(C)C)cc1OC. The van der Waals surface area contributed by atoms with Crippen LogP contribution in [0.15, 0.2) is 42.5 Å². The number of aliphatic hydroxyl groups is 1. The van der Waals surface area contributed by atoms with Gasteiger partial charge in [-0.15, -0.1) is 0 Å². The zero-order chi connectivity index (χ0) is 20.5. The third-order valence-electron chi connectivity index (χ3n) is 4.26. The summed E-state index contributed by atoms with van der Waals surface area (Å²) < 4.78 is 29.4. The van der Waals surface area contributed by atoms with Gasteiger partial charge in [0.15, 0.2) is 11.5 Å². The molecular formula is C22H30FNO4. The van der Waals surface area contributed by atoms with Gasteiger partial charge in [0.25, 0.3) is 0 Å². The second kappa shape index (κ2) is 11.0. The lowest BCUT2D eigenvalue weighted by Crippen LogP contribution is -2.34. The van der Waals surface area contributed by atoms with Crippen LogP contribution in [0.1, 0.15) is 25.0 Å². The van der Waals surface area contributed by atoms with Crippen LogP contribution in [0.25, 0.3) is 0 Å². The molecule has 0 amide bonds. The molecule has 2 aromatic carbocycles. The number of rotatable bonds is 11. The van der Waals surface area contributed by atoms with Crippen molar-refractivity contribution < 1.29 is 23.7 Å². The molecule has 0 heterocycles. The quantitative estimate of drug-likeness (QED) is 0.634. The van der Waals surface area contributed by atoms with Crippen LogP contribution in [0.4, 0.5) is 4.39 Å². The van der Waals surface area contributed by atoms with E-state index in [9.17, 15) is 9.50 Å². The van der Waals surface area contributed by atoms with Gasteiger partial charge in [0, 0.05) is 19.6 Å². The molecule has 0 spiro atoms. The monoisotopic (exact) mass is 391 g/mol. The second-order valence-electron chi connectivity index (χ2n) is 7.02. The fourth-order valence-corrected chi connectivity index (χ4v) is 2.92. The van der Waals surface area contributed by atoms with Crippen molar-refractivity contribution >= 4 is 0 Å². The van der Waals surface area contributed by atoms with E-state index in [4.69, 9.17) is 14.2 Å². The van der Waals surface area contributed by atoms with E-state index in [0.717, 1.165) is 11.1 Å². The smallest absolute Gasteiger partial charge is 0.161 e. The molecule has 0 aliphatic heterocycles. The molecule has 0 aliphatic rings. The Hall–Kier alpha value is -2.15. The standard InChI is InChI=1S/C22H30FNO4/c1-16(2)28-15-20(25)14-24(12-17-5-8-19(23)9-6-17)13-18-7-10-21(26-3)22(11-18)27-4/h5-11,16,20,25H,12-15H2,1-4H3. The molecular weight excluding hydrogens is 361 g/mol. The van der Waals surface area contributed by atoms with Crippen LogP contribution in [0, 0.1) is 5.82 Å². The molecule has 0 radical (unpaired) electrons. The first-order chi connectivity index (χ1) is 13.4. The highest BCUT2D eigenvalue weighted by molar-refractivity contribution is 5.42. The fourth-order valence-electron chi connectivity index (χ4n) is 2.92. The summed E-state index contributed by atoms with van der Waals surface area (Å²) >= 11 is 0. The first kappa shape index (κ1) is 22.1. The van der Waals surface area contributed by atoms with Gasteiger partial charge in [-0.1, -0.05) is 18.2 Å². The molecule has 1 unspecified atom stereocenters. The number of benzene rings is 2. The Balaban J connectivity index is 2.13. The number of ether oxygens (including phenoxy) is 3. The second-order valence-corrected chi connectivity index (χ2v) is 7.02. The molecule has 0 aromatic heterocycles. The summed E-state index contributed by atoms with van der Waals surface area (Å²) in [6.07, 6.45) is -0.561. The molecule has 0 bridgehead atoms. The van der Waals surface area contributed by atoms with Crippen molar-refractivity contribution in [2.45, 2.75) is 39.1 Å². The summed E-state index contributed by atoms with van der Waals surface area (Å²) in [6, 6.07) is 12.2. The Morgan fingerprint density at radius 3 is 2.14 bits per heavy atom. The summed E-state index contributed by atoms with van der Waals surface area (Å²) in [5, 5.41) is 10.4. The predicted molar refractivity (Wildman–Crippen MR) is 107 cm³/mol. The summed E-state index contributed by atoms with van der Waals surface area (Å²) in [7, 11) is 3.20. The van der Waals surface area contributed by atoms with Crippen LogP contribution >= 0.6 is 0 Å². The van der Waals surface area contributed by atoms with Gasteiger partial charge < -0.3 is 19.3 Å². The molecule has 0 saturated heterocycles. The molecule has 28 heavy (non-hydrogen) atoms. The lowest BCUT2D eigenvalue weighted by molar-refractivity contribution is -0.0106. The largest absolute Gasteiger partial charge is 0.493 e. The fraction of sp³-hybridized carbons (Fsp3) is 0.455.